The molecule has 1 aliphatic rings. The van der Waals surface area contributed by atoms with Gasteiger partial charge in [-0.3, -0.25) is 9.48 Å². The number of amides is 1. The molecule has 0 saturated carbocycles. The number of nitrogens with zero attached hydrogens (tertiary/aromatic N) is 3. The van der Waals surface area contributed by atoms with Gasteiger partial charge in [0.25, 0.3) is 0 Å². The molecule has 4 nitrogen and oxygen atoms in total. The number of carbonyl (C=O) groups excluding carboxylic acids is 1. The molecule has 1 atom stereocenters. The first-order valence-corrected chi connectivity index (χ1v) is 6.00. The van der Waals surface area contributed by atoms with Gasteiger partial charge < -0.3 is 4.90 Å². The minimum absolute atomic E-state index is 0.0289. The molecular formula is C10H14BrN3O. The van der Waals surface area contributed by atoms with Crippen LogP contribution in [0.1, 0.15) is 12.1 Å². The van der Waals surface area contributed by atoms with E-state index >= 15 is 0 Å². The van der Waals surface area contributed by atoms with Crippen molar-refractivity contribution < 1.29 is 4.79 Å². The number of likely N-dealkylation sites (tertiary alicyclic amines) is 1. The van der Waals surface area contributed by atoms with Crippen molar-refractivity contribution >= 4 is 21.8 Å². The van der Waals surface area contributed by atoms with E-state index in [-0.39, 0.29) is 10.7 Å². The first kappa shape index (κ1) is 10.7. The second-order valence-electron chi connectivity index (χ2n) is 3.81. The molecule has 0 bridgehead atoms. The lowest BCUT2D eigenvalue weighted by atomic mass is 10.3. The van der Waals surface area contributed by atoms with E-state index in [4.69, 9.17) is 0 Å². The van der Waals surface area contributed by atoms with Gasteiger partial charge >= 0.3 is 0 Å². The van der Waals surface area contributed by atoms with Crippen LogP contribution in [0, 0.1) is 0 Å². The summed E-state index contributed by atoms with van der Waals surface area (Å²) in [7, 11) is 1.90. The van der Waals surface area contributed by atoms with E-state index in [0.29, 0.717) is 0 Å². The fraction of sp³-hybridized carbons (Fsp3) is 0.600. The quantitative estimate of drug-likeness (QED) is 0.769. The topological polar surface area (TPSA) is 38.1 Å². The van der Waals surface area contributed by atoms with Crippen LogP contribution < -0.4 is 0 Å². The highest BCUT2D eigenvalue weighted by Crippen LogP contribution is 2.18. The third kappa shape index (κ3) is 2.40. The highest BCUT2D eigenvalue weighted by molar-refractivity contribution is 9.10. The van der Waals surface area contributed by atoms with Gasteiger partial charge in [0.15, 0.2) is 0 Å². The Balaban J connectivity index is 1.86. The molecule has 1 saturated heterocycles. The summed E-state index contributed by atoms with van der Waals surface area (Å²) in [5, 5.41) is 4.28. The van der Waals surface area contributed by atoms with Crippen LogP contribution >= 0.6 is 15.9 Å². The first-order chi connectivity index (χ1) is 7.16. The van der Waals surface area contributed by atoms with Gasteiger partial charge in [-0.05, 0) is 12.5 Å². The Labute approximate surface area is 97.4 Å². The monoisotopic (exact) mass is 271 g/mol. The Morgan fingerprint density at radius 3 is 3.00 bits per heavy atom. The molecule has 1 aromatic heterocycles. The number of halogens is 1. The molecule has 15 heavy (non-hydrogen) atoms. The van der Waals surface area contributed by atoms with E-state index in [1.807, 2.05) is 24.2 Å². The number of hydrogen-bond donors (Lipinski definition) is 0. The maximum absolute atomic E-state index is 11.6. The van der Waals surface area contributed by atoms with E-state index in [2.05, 4.69) is 21.0 Å². The lowest BCUT2D eigenvalue weighted by molar-refractivity contribution is -0.127. The van der Waals surface area contributed by atoms with Gasteiger partial charge in [-0.1, -0.05) is 15.9 Å². The molecular weight excluding hydrogens is 258 g/mol. The van der Waals surface area contributed by atoms with E-state index in [9.17, 15) is 4.79 Å². The molecule has 0 aliphatic carbocycles. The fourth-order valence-electron chi connectivity index (χ4n) is 1.77. The normalized spacial score (nSPS) is 21.3. The van der Waals surface area contributed by atoms with Gasteiger partial charge in [0.05, 0.1) is 10.5 Å². The number of aromatic nitrogens is 2. The standard InChI is InChI=1S/C10H14BrN3O/c1-13-5-2-8(12-13)3-6-14-7-4-9(11)10(14)15/h2,5,9H,3-4,6-7H2,1H3. The summed E-state index contributed by atoms with van der Waals surface area (Å²) in [4.78, 5) is 13.5. The van der Waals surface area contributed by atoms with Crippen molar-refractivity contribution in [2.45, 2.75) is 17.7 Å². The Kier molecular flexibility index (Phi) is 3.09. The molecule has 2 heterocycles. The van der Waals surface area contributed by atoms with Crippen molar-refractivity contribution in [2.24, 2.45) is 7.05 Å². The van der Waals surface area contributed by atoms with Crippen molar-refractivity contribution in [3.63, 3.8) is 0 Å². The molecule has 82 valence electrons. The summed E-state index contributed by atoms with van der Waals surface area (Å²) in [6.07, 6.45) is 3.68. The summed E-state index contributed by atoms with van der Waals surface area (Å²) in [6.45, 7) is 1.64. The highest BCUT2D eigenvalue weighted by atomic mass is 79.9. The highest BCUT2D eigenvalue weighted by Gasteiger charge is 2.28. The van der Waals surface area contributed by atoms with E-state index in [0.717, 1.165) is 31.6 Å². The molecule has 1 fully saturated rings. The van der Waals surface area contributed by atoms with Crippen molar-refractivity contribution in [1.29, 1.82) is 0 Å². The van der Waals surface area contributed by atoms with E-state index < -0.39 is 0 Å². The molecule has 2 rings (SSSR count). The second-order valence-corrected chi connectivity index (χ2v) is 4.92. The molecule has 1 aliphatic heterocycles. The van der Waals surface area contributed by atoms with Crippen molar-refractivity contribution in [3.8, 4) is 0 Å². The molecule has 1 amide bonds. The zero-order valence-electron chi connectivity index (χ0n) is 8.69. The average molecular weight is 272 g/mol. The number of carbonyl (C=O) groups is 1. The number of rotatable bonds is 3. The largest absolute Gasteiger partial charge is 0.341 e. The molecule has 0 spiro atoms. The van der Waals surface area contributed by atoms with Crippen LogP contribution in [0.3, 0.4) is 0 Å². The lowest BCUT2D eigenvalue weighted by Gasteiger charge is -2.14. The molecule has 1 aromatic rings. The van der Waals surface area contributed by atoms with Gasteiger partial charge in [0.2, 0.25) is 5.91 Å². The predicted molar refractivity (Wildman–Crippen MR) is 60.8 cm³/mol. The molecule has 0 N–H and O–H groups in total. The summed E-state index contributed by atoms with van der Waals surface area (Å²) < 4.78 is 1.79. The number of alkyl halides is 1. The van der Waals surface area contributed by atoms with Gasteiger partial charge in [-0.2, -0.15) is 5.10 Å². The van der Waals surface area contributed by atoms with Crippen LogP contribution in [-0.4, -0.2) is 38.5 Å². The summed E-state index contributed by atoms with van der Waals surface area (Å²) in [5.41, 5.74) is 1.04. The lowest BCUT2D eigenvalue weighted by Crippen LogP contribution is -2.29. The predicted octanol–water partition coefficient (Wildman–Crippen LogP) is 0.958. The van der Waals surface area contributed by atoms with E-state index in [1.54, 1.807) is 4.68 Å². The minimum atomic E-state index is 0.0289. The van der Waals surface area contributed by atoms with Crippen molar-refractivity contribution in [2.75, 3.05) is 13.1 Å². The minimum Gasteiger partial charge on any atom is -0.341 e. The first-order valence-electron chi connectivity index (χ1n) is 5.08. The third-order valence-electron chi connectivity index (χ3n) is 2.64. The van der Waals surface area contributed by atoms with Crippen molar-refractivity contribution in [1.82, 2.24) is 14.7 Å². The Hall–Kier alpha value is -0.840. The molecule has 0 aromatic carbocycles. The number of aryl methyl sites for hydroxylation is 1. The molecule has 0 radical (unpaired) electrons. The second kappa shape index (κ2) is 4.35. The third-order valence-corrected chi connectivity index (χ3v) is 3.49. The Bertz CT molecular complexity index is 363. The molecule has 1 unspecified atom stereocenters. The van der Waals surface area contributed by atoms with Gasteiger partial charge in [-0.25, -0.2) is 0 Å². The van der Waals surface area contributed by atoms with Gasteiger partial charge in [0, 0.05) is 32.8 Å². The van der Waals surface area contributed by atoms with Crippen LogP contribution in [0.2, 0.25) is 0 Å². The average Bonchev–Trinajstić information content (AvgIpc) is 2.74. The summed E-state index contributed by atoms with van der Waals surface area (Å²) in [6, 6.07) is 1.99. The van der Waals surface area contributed by atoms with E-state index in [1.165, 1.54) is 0 Å². The zero-order valence-corrected chi connectivity index (χ0v) is 10.3. The summed E-state index contributed by atoms with van der Waals surface area (Å²) in [5.74, 6) is 0.214. The van der Waals surface area contributed by atoms with Crippen LogP contribution in [-0.2, 0) is 18.3 Å². The number of hydrogen-bond acceptors (Lipinski definition) is 2. The van der Waals surface area contributed by atoms with Crippen LogP contribution in [0.4, 0.5) is 0 Å². The van der Waals surface area contributed by atoms with Crippen LogP contribution in [0.5, 0.6) is 0 Å². The SMILES string of the molecule is Cn1ccc(CCN2CCC(Br)C2=O)n1. The fourth-order valence-corrected chi connectivity index (χ4v) is 2.26. The summed E-state index contributed by atoms with van der Waals surface area (Å²) >= 11 is 3.36. The maximum Gasteiger partial charge on any atom is 0.236 e. The smallest absolute Gasteiger partial charge is 0.236 e. The van der Waals surface area contributed by atoms with Crippen LogP contribution in [0.15, 0.2) is 12.3 Å². The zero-order chi connectivity index (χ0) is 10.8. The van der Waals surface area contributed by atoms with Gasteiger partial charge in [0.1, 0.15) is 0 Å². The van der Waals surface area contributed by atoms with Crippen LogP contribution in [0.25, 0.3) is 0 Å². The van der Waals surface area contributed by atoms with Gasteiger partial charge in [-0.15, -0.1) is 0 Å². The molecule has 5 heteroatoms. The Morgan fingerprint density at radius 1 is 1.67 bits per heavy atom. The van der Waals surface area contributed by atoms with Crippen molar-refractivity contribution in [3.05, 3.63) is 18.0 Å². The Morgan fingerprint density at radius 2 is 2.47 bits per heavy atom. The maximum atomic E-state index is 11.6.